The zero-order valence-corrected chi connectivity index (χ0v) is 17.1. The number of halogens is 3. The zero-order valence-electron chi connectivity index (χ0n) is 17.1. The van der Waals surface area contributed by atoms with Gasteiger partial charge in [0, 0.05) is 11.8 Å². The molecule has 2 N–H and O–H groups in total. The van der Waals surface area contributed by atoms with E-state index in [0.29, 0.717) is 30.4 Å². The van der Waals surface area contributed by atoms with Crippen molar-refractivity contribution in [3.8, 4) is 17.2 Å². The summed E-state index contributed by atoms with van der Waals surface area (Å²) in [6, 6.07) is 8.52. The molecule has 0 saturated carbocycles. The lowest BCUT2D eigenvalue weighted by Gasteiger charge is -2.17. The van der Waals surface area contributed by atoms with Crippen LogP contribution in [0.15, 0.2) is 36.4 Å². The molecule has 164 valence electrons. The molecular formula is C21H25F3N2O4. The first-order valence-electron chi connectivity index (χ1n) is 9.55. The Morgan fingerprint density at radius 2 is 1.47 bits per heavy atom. The van der Waals surface area contributed by atoms with E-state index in [1.165, 1.54) is 12.1 Å². The van der Waals surface area contributed by atoms with E-state index in [-0.39, 0.29) is 24.6 Å². The van der Waals surface area contributed by atoms with Gasteiger partial charge >= 0.3 is 6.18 Å². The lowest BCUT2D eigenvalue weighted by molar-refractivity contribution is -0.137. The second-order valence-electron chi connectivity index (χ2n) is 6.06. The summed E-state index contributed by atoms with van der Waals surface area (Å²) in [7, 11) is 0. The van der Waals surface area contributed by atoms with Crippen LogP contribution < -0.4 is 24.8 Å². The third kappa shape index (κ3) is 6.47. The van der Waals surface area contributed by atoms with Gasteiger partial charge in [-0.1, -0.05) is 0 Å². The average molecular weight is 426 g/mol. The topological polar surface area (TPSA) is 68.8 Å². The Morgan fingerprint density at radius 3 is 2.07 bits per heavy atom. The predicted molar refractivity (Wildman–Crippen MR) is 109 cm³/mol. The van der Waals surface area contributed by atoms with E-state index in [0.717, 1.165) is 6.07 Å². The molecule has 9 heteroatoms. The maximum Gasteiger partial charge on any atom is 0.418 e. The minimum atomic E-state index is -4.60. The van der Waals surface area contributed by atoms with Gasteiger partial charge in [0.25, 0.3) is 0 Å². The fourth-order valence-electron chi connectivity index (χ4n) is 2.68. The van der Waals surface area contributed by atoms with Gasteiger partial charge in [0.05, 0.1) is 37.6 Å². The maximum atomic E-state index is 13.4. The molecule has 2 aromatic carbocycles. The van der Waals surface area contributed by atoms with Crippen LogP contribution in [0, 0.1) is 0 Å². The lowest BCUT2D eigenvalue weighted by Crippen LogP contribution is -2.23. The number of carbonyl (C=O) groups excluding carboxylic acids is 1. The minimum Gasteiger partial charge on any atom is -0.494 e. The van der Waals surface area contributed by atoms with Crippen molar-refractivity contribution in [3.05, 3.63) is 42.0 Å². The number of amides is 1. The number of ether oxygens (including phenoxy) is 3. The van der Waals surface area contributed by atoms with Crippen LogP contribution in [0.5, 0.6) is 17.2 Å². The number of hydrogen-bond acceptors (Lipinski definition) is 5. The Hall–Kier alpha value is -3.10. The van der Waals surface area contributed by atoms with Crippen LogP contribution in [-0.4, -0.2) is 32.3 Å². The Balaban J connectivity index is 2.13. The number of benzene rings is 2. The van der Waals surface area contributed by atoms with Crippen LogP contribution in [0.2, 0.25) is 0 Å². The van der Waals surface area contributed by atoms with E-state index in [9.17, 15) is 18.0 Å². The highest BCUT2D eigenvalue weighted by Gasteiger charge is 2.34. The van der Waals surface area contributed by atoms with E-state index in [1.54, 1.807) is 32.0 Å². The van der Waals surface area contributed by atoms with Crippen molar-refractivity contribution in [2.24, 2.45) is 0 Å². The molecule has 0 heterocycles. The molecule has 0 atom stereocenters. The average Bonchev–Trinajstić information content (AvgIpc) is 2.69. The molecule has 6 nitrogen and oxygen atoms in total. The Morgan fingerprint density at radius 1 is 0.867 bits per heavy atom. The van der Waals surface area contributed by atoms with Crippen LogP contribution >= 0.6 is 0 Å². The molecule has 0 aliphatic carbocycles. The summed E-state index contributed by atoms with van der Waals surface area (Å²) in [5.41, 5.74) is -0.749. The van der Waals surface area contributed by atoms with Gasteiger partial charge in [-0.05, 0) is 51.1 Å². The quantitative estimate of drug-likeness (QED) is 0.563. The number of hydrogen-bond donors (Lipinski definition) is 2. The number of rotatable bonds is 10. The highest BCUT2D eigenvalue weighted by atomic mass is 19.4. The summed E-state index contributed by atoms with van der Waals surface area (Å²) in [4.78, 5) is 12.4. The fraction of sp³-hybridized carbons (Fsp3) is 0.381. The molecular weight excluding hydrogens is 401 g/mol. The van der Waals surface area contributed by atoms with Gasteiger partial charge in [-0.25, -0.2) is 0 Å². The second-order valence-corrected chi connectivity index (χ2v) is 6.06. The minimum absolute atomic E-state index is 0.105. The Labute approximate surface area is 173 Å². The number of nitrogens with one attached hydrogen (secondary N) is 2. The van der Waals surface area contributed by atoms with Crippen molar-refractivity contribution >= 4 is 17.3 Å². The molecule has 0 saturated heterocycles. The van der Waals surface area contributed by atoms with Gasteiger partial charge in [-0.3, -0.25) is 4.79 Å². The van der Waals surface area contributed by atoms with Gasteiger partial charge in [0.1, 0.15) is 17.2 Å². The SMILES string of the molecule is CCOc1ccc(OCC)c(NC(=O)CNc2ccc(OCC)cc2C(F)(F)F)c1. The van der Waals surface area contributed by atoms with E-state index >= 15 is 0 Å². The fourth-order valence-corrected chi connectivity index (χ4v) is 2.68. The lowest BCUT2D eigenvalue weighted by atomic mass is 10.1. The third-order valence-electron chi connectivity index (χ3n) is 3.88. The van der Waals surface area contributed by atoms with E-state index in [1.807, 2.05) is 6.92 Å². The van der Waals surface area contributed by atoms with Crippen LogP contribution in [0.25, 0.3) is 0 Å². The largest absolute Gasteiger partial charge is 0.494 e. The van der Waals surface area contributed by atoms with Crippen LogP contribution in [0.1, 0.15) is 26.3 Å². The van der Waals surface area contributed by atoms with Crippen molar-refractivity contribution in [2.75, 3.05) is 37.0 Å². The Bertz CT molecular complexity index is 857. The van der Waals surface area contributed by atoms with Gasteiger partial charge in [0.2, 0.25) is 5.91 Å². The smallest absolute Gasteiger partial charge is 0.418 e. The van der Waals surface area contributed by atoms with Gasteiger partial charge in [-0.2, -0.15) is 13.2 Å². The van der Waals surface area contributed by atoms with E-state index in [4.69, 9.17) is 14.2 Å². The molecule has 2 aromatic rings. The van der Waals surface area contributed by atoms with Crippen LogP contribution in [0.4, 0.5) is 24.5 Å². The first-order valence-corrected chi connectivity index (χ1v) is 9.55. The number of anilines is 2. The summed E-state index contributed by atoms with van der Waals surface area (Å²) in [6.45, 7) is 6.01. The molecule has 0 aliphatic heterocycles. The number of carbonyl (C=O) groups is 1. The molecule has 0 bridgehead atoms. The molecule has 0 radical (unpaired) electrons. The molecule has 0 aliphatic rings. The highest BCUT2D eigenvalue weighted by molar-refractivity contribution is 5.95. The normalized spacial score (nSPS) is 11.0. The van der Waals surface area contributed by atoms with Crippen LogP contribution in [0.3, 0.4) is 0 Å². The molecule has 0 aromatic heterocycles. The van der Waals surface area contributed by atoms with Crippen molar-refractivity contribution in [1.82, 2.24) is 0 Å². The standard InChI is InChI=1S/C21H25F3N2O4/c1-4-28-14-7-9-17(16(11-14)21(22,23)24)25-13-20(27)26-18-12-15(29-5-2)8-10-19(18)30-6-3/h7-12,25H,4-6,13H2,1-3H3,(H,26,27). The molecule has 2 rings (SSSR count). The molecule has 0 fully saturated rings. The zero-order chi connectivity index (χ0) is 22.1. The second kappa shape index (κ2) is 10.6. The summed E-state index contributed by atoms with van der Waals surface area (Å²) < 4.78 is 56.1. The maximum absolute atomic E-state index is 13.4. The highest BCUT2D eigenvalue weighted by Crippen LogP contribution is 2.37. The van der Waals surface area contributed by atoms with Crippen molar-refractivity contribution in [2.45, 2.75) is 26.9 Å². The van der Waals surface area contributed by atoms with Gasteiger partial charge in [-0.15, -0.1) is 0 Å². The first kappa shape index (κ1) is 23.2. The monoisotopic (exact) mass is 426 g/mol. The predicted octanol–water partition coefficient (Wildman–Crippen LogP) is 4.95. The Kier molecular flexibility index (Phi) is 8.20. The summed E-state index contributed by atoms with van der Waals surface area (Å²) >= 11 is 0. The number of alkyl halides is 3. The van der Waals surface area contributed by atoms with Gasteiger partial charge in [0.15, 0.2) is 0 Å². The molecule has 0 unspecified atom stereocenters. The van der Waals surface area contributed by atoms with E-state index in [2.05, 4.69) is 10.6 Å². The van der Waals surface area contributed by atoms with Crippen molar-refractivity contribution in [1.29, 1.82) is 0 Å². The van der Waals surface area contributed by atoms with Crippen molar-refractivity contribution in [3.63, 3.8) is 0 Å². The molecule has 30 heavy (non-hydrogen) atoms. The summed E-state index contributed by atoms with van der Waals surface area (Å²) in [5, 5.41) is 5.18. The van der Waals surface area contributed by atoms with Crippen molar-refractivity contribution < 1.29 is 32.2 Å². The molecule has 1 amide bonds. The third-order valence-corrected chi connectivity index (χ3v) is 3.88. The first-order chi connectivity index (χ1) is 14.3. The summed E-state index contributed by atoms with van der Waals surface area (Å²) in [5.74, 6) is 0.543. The van der Waals surface area contributed by atoms with Crippen LogP contribution in [-0.2, 0) is 11.0 Å². The van der Waals surface area contributed by atoms with Gasteiger partial charge < -0.3 is 24.8 Å². The summed E-state index contributed by atoms with van der Waals surface area (Å²) in [6.07, 6.45) is -4.60. The van der Waals surface area contributed by atoms with E-state index < -0.39 is 17.6 Å². The molecule has 0 spiro atoms.